The maximum absolute atomic E-state index is 12.4. The summed E-state index contributed by atoms with van der Waals surface area (Å²) in [5, 5.41) is 55.3. The van der Waals surface area contributed by atoms with Gasteiger partial charge in [0.05, 0.1) is 24.4 Å². The number of primary amides is 1. The normalized spacial score (nSPS) is 14.8. The molecule has 2 amide bonds. The summed E-state index contributed by atoms with van der Waals surface area (Å²) in [5.41, 5.74) is 19.9. The van der Waals surface area contributed by atoms with Gasteiger partial charge in [0.2, 0.25) is 5.91 Å². The lowest BCUT2D eigenvalue weighted by atomic mass is 10.0. The molecule has 5 atom stereocenters. The van der Waals surface area contributed by atoms with Gasteiger partial charge >= 0.3 is 0 Å². The Labute approximate surface area is 317 Å². The zero-order chi connectivity index (χ0) is 39.3. The minimum Gasteiger partial charge on any atom is -0.394 e. The molecule has 53 heavy (non-hydrogen) atoms. The molecule has 1 aromatic carbocycles. The van der Waals surface area contributed by atoms with Crippen LogP contribution in [0.15, 0.2) is 29.3 Å². The molecule has 0 saturated carbocycles. The number of carbonyl (C=O) groups excluding carboxylic acids is 2. The minimum atomic E-state index is -1.67. The number of aromatic nitrogens is 2. The number of hydrogen-bond acceptors (Lipinski definition) is 13. The number of nitrogen functional groups attached to an aromatic ring is 1. The number of rotatable bonds is 26. The zero-order valence-electron chi connectivity index (χ0n) is 31.0. The summed E-state index contributed by atoms with van der Waals surface area (Å²) in [7, 11) is 0. The molecule has 1 aromatic heterocycles. The van der Waals surface area contributed by atoms with Crippen molar-refractivity contribution >= 4 is 35.2 Å². The topological polar surface area (TPSA) is 279 Å². The molecule has 298 valence electrons. The first kappa shape index (κ1) is 45.7. The highest BCUT2D eigenvalue weighted by molar-refractivity contribution is 6.30. The van der Waals surface area contributed by atoms with E-state index in [0.29, 0.717) is 51.1 Å². The van der Waals surface area contributed by atoms with Crippen LogP contribution in [0.1, 0.15) is 85.6 Å². The number of aryl methyl sites for hydroxylation is 3. The third-order valence-electron chi connectivity index (χ3n) is 8.88. The molecule has 1 heterocycles. The van der Waals surface area contributed by atoms with Crippen LogP contribution in [-0.2, 0) is 17.6 Å². The van der Waals surface area contributed by atoms with E-state index < -0.39 is 48.9 Å². The van der Waals surface area contributed by atoms with Gasteiger partial charge < -0.3 is 53.0 Å². The number of hydrogen-bond donors (Lipinski definition) is 10. The van der Waals surface area contributed by atoms with Crippen LogP contribution < -0.4 is 27.8 Å². The SMILES string of the molecule is CCCCCCN(CCCNC(CCc1ccc(CCCCN=C(N)NC(=O)c2nc(Cl)c(C)nc2N)cc1)C(N)=O)CC(O)C(O)C(O)C(O)CO. The van der Waals surface area contributed by atoms with Gasteiger partial charge in [0, 0.05) is 13.1 Å². The average Bonchev–Trinajstić information content (AvgIpc) is 3.13. The molecule has 0 aliphatic heterocycles. The van der Waals surface area contributed by atoms with Crippen molar-refractivity contribution in [1.82, 2.24) is 25.5 Å². The summed E-state index contributed by atoms with van der Waals surface area (Å²) in [4.78, 5) is 38.7. The third-order valence-corrected chi connectivity index (χ3v) is 9.24. The van der Waals surface area contributed by atoms with Crippen molar-refractivity contribution in [3.8, 4) is 0 Å². The van der Waals surface area contributed by atoms with E-state index in [9.17, 15) is 30.0 Å². The van der Waals surface area contributed by atoms with E-state index in [0.717, 1.165) is 56.1 Å². The predicted octanol–water partition coefficient (Wildman–Crippen LogP) is 0.172. The van der Waals surface area contributed by atoms with Gasteiger partial charge in [-0.25, -0.2) is 9.97 Å². The number of unbranched alkanes of at least 4 members (excludes halogenated alkanes) is 4. The number of carbonyl (C=O) groups is 2. The van der Waals surface area contributed by atoms with Crippen LogP contribution in [0.25, 0.3) is 0 Å². The molecule has 0 aliphatic rings. The standard InChI is InChI=1S/C36H60ClN9O7/c1-3-4-5-8-19-46(21-27(48)30(50)31(51)28(49)22-47)20-9-18-41-26(34(39)52)16-15-25-13-11-24(12-14-25)10-6-7-17-42-36(40)45-35(53)29-33(38)43-23(2)32(37)44-29/h11-14,26-28,30-31,41,47-51H,3-10,15-22H2,1-2H3,(H2,38,43)(H2,39,52)(H3,40,42,45,53). The number of anilines is 1. The lowest BCUT2D eigenvalue weighted by molar-refractivity contribution is -0.120. The molecule has 0 radical (unpaired) electrons. The Hall–Kier alpha value is -3.48. The molecule has 13 N–H and O–H groups in total. The summed E-state index contributed by atoms with van der Waals surface area (Å²) in [6.45, 7) is 5.28. The Bertz CT molecular complexity index is 1420. The van der Waals surface area contributed by atoms with Crippen molar-refractivity contribution in [2.24, 2.45) is 16.5 Å². The number of guanidine groups is 1. The quantitative estimate of drug-likeness (QED) is 0.0348. The highest BCUT2D eigenvalue weighted by atomic mass is 35.5. The number of nitrogens with zero attached hydrogens (tertiary/aromatic N) is 4. The molecule has 2 aromatic rings. The monoisotopic (exact) mass is 765 g/mol. The van der Waals surface area contributed by atoms with Crippen LogP contribution in [0.2, 0.25) is 5.15 Å². The number of halogens is 1. The lowest BCUT2D eigenvalue weighted by Gasteiger charge is -2.30. The van der Waals surface area contributed by atoms with Gasteiger partial charge in [-0.15, -0.1) is 0 Å². The maximum Gasteiger partial charge on any atom is 0.280 e. The van der Waals surface area contributed by atoms with Crippen molar-refractivity contribution in [3.63, 3.8) is 0 Å². The molecule has 0 spiro atoms. The number of benzene rings is 1. The Morgan fingerprint density at radius 1 is 0.906 bits per heavy atom. The van der Waals surface area contributed by atoms with E-state index in [2.05, 4.69) is 44.7 Å². The number of aliphatic imine (C=N–C) groups is 1. The molecule has 17 heteroatoms. The number of amides is 2. The molecule has 0 bridgehead atoms. The Kier molecular flexibility index (Phi) is 21.3. The minimum absolute atomic E-state index is 0.0497. The Morgan fingerprint density at radius 3 is 2.19 bits per heavy atom. The molecule has 0 fully saturated rings. The predicted molar refractivity (Wildman–Crippen MR) is 205 cm³/mol. The molecule has 0 saturated heterocycles. The maximum atomic E-state index is 12.4. The fourth-order valence-corrected chi connectivity index (χ4v) is 5.77. The van der Waals surface area contributed by atoms with E-state index in [-0.39, 0.29) is 29.2 Å². The van der Waals surface area contributed by atoms with Crippen LogP contribution in [0.5, 0.6) is 0 Å². The van der Waals surface area contributed by atoms with Crippen LogP contribution in [0, 0.1) is 6.92 Å². The van der Waals surface area contributed by atoms with Gasteiger partial charge in [-0.1, -0.05) is 62.1 Å². The van der Waals surface area contributed by atoms with Gasteiger partial charge in [0.25, 0.3) is 5.91 Å². The van der Waals surface area contributed by atoms with Gasteiger partial charge in [-0.2, -0.15) is 0 Å². The highest BCUT2D eigenvalue weighted by Crippen LogP contribution is 2.15. The fraction of sp³-hybridized carbons (Fsp3) is 0.639. The average molecular weight is 766 g/mol. The summed E-state index contributed by atoms with van der Waals surface area (Å²) >= 11 is 5.95. The smallest absolute Gasteiger partial charge is 0.280 e. The highest BCUT2D eigenvalue weighted by Gasteiger charge is 2.31. The van der Waals surface area contributed by atoms with Gasteiger partial charge in [-0.3, -0.25) is 19.9 Å². The number of aliphatic hydroxyl groups excluding tert-OH is 5. The van der Waals surface area contributed by atoms with Crippen LogP contribution in [0.4, 0.5) is 5.82 Å². The Morgan fingerprint density at radius 2 is 1.55 bits per heavy atom. The van der Waals surface area contributed by atoms with Crippen LogP contribution in [0.3, 0.4) is 0 Å². The van der Waals surface area contributed by atoms with E-state index in [4.69, 9.17) is 33.9 Å². The molecule has 2 rings (SSSR count). The molecule has 16 nitrogen and oxygen atoms in total. The van der Waals surface area contributed by atoms with Crippen LogP contribution in [-0.4, -0.2) is 128 Å². The second-order valence-corrected chi connectivity index (χ2v) is 13.6. The van der Waals surface area contributed by atoms with Crippen molar-refractivity contribution < 1.29 is 35.1 Å². The van der Waals surface area contributed by atoms with Crippen LogP contribution >= 0.6 is 11.6 Å². The third kappa shape index (κ3) is 17.0. The first-order chi connectivity index (χ1) is 25.3. The molecular formula is C36H60ClN9O7. The van der Waals surface area contributed by atoms with E-state index in [1.165, 1.54) is 0 Å². The van der Waals surface area contributed by atoms with Crippen molar-refractivity contribution in [3.05, 3.63) is 51.9 Å². The number of aliphatic hydroxyl groups is 5. The van der Waals surface area contributed by atoms with E-state index in [1.807, 2.05) is 17.0 Å². The summed E-state index contributed by atoms with van der Waals surface area (Å²) in [6.07, 6.45) is 2.19. The van der Waals surface area contributed by atoms with Gasteiger partial charge in [0.1, 0.15) is 18.3 Å². The second kappa shape index (κ2) is 24.8. The van der Waals surface area contributed by atoms with Crippen molar-refractivity contribution in [2.75, 3.05) is 45.1 Å². The molecule has 0 aliphatic carbocycles. The summed E-state index contributed by atoms with van der Waals surface area (Å²) in [6, 6.07) is 7.67. The lowest BCUT2D eigenvalue weighted by Crippen LogP contribution is -2.50. The first-order valence-electron chi connectivity index (χ1n) is 18.3. The zero-order valence-corrected chi connectivity index (χ0v) is 31.7. The van der Waals surface area contributed by atoms with E-state index in [1.54, 1.807) is 6.92 Å². The van der Waals surface area contributed by atoms with Crippen molar-refractivity contribution in [1.29, 1.82) is 0 Å². The number of nitrogens with one attached hydrogen (secondary N) is 2. The second-order valence-electron chi connectivity index (χ2n) is 13.3. The van der Waals surface area contributed by atoms with Crippen molar-refractivity contribution in [2.45, 2.75) is 109 Å². The first-order valence-corrected chi connectivity index (χ1v) is 18.7. The fourth-order valence-electron chi connectivity index (χ4n) is 5.64. The number of nitrogens with two attached hydrogens (primary N) is 3. The molecular weight excluding hydrogens is 706 g/mol. The largest absolute Gasteiger partial charge is 0.394 e. The summed E-state index contributed by atoms with van der Waals surface area (Å²) in [5.74, 6) is -1.18. The van der Waals surface area contributed by atoms with Gasteiger partial charge in [-0.05, 0) is 82.6 Å². The Balaban J connectivity index is 1.76. The van der Waals surface area contributed by atoms with Gasteiger partial charge in [0.15, 0.2) is 22.6 Å². The van der Waals surface area contributed by atoms with E-state index >= 15 is 0 Å². The summed E-state index contributed by atoms with van der Waals surface area (Å²) < 4.78 is 0. The molecule has 5 unspecified atom stereocenters.